The van der Waals surface area contributed by atoms with Crippen LogP contribution in [0.2, 0.25) is 0 Å². The van der Waals surface area contributed by atoms with Gasteiger partial charge in [0.15, 0.2) is 0 Å². The Morgan fingerprint density at radius 2 is 1.21 bits per heavy atom. The van der Waals surface area contributed by atoms with E-state index in [9.17, 15) is 24.3 Å². The van der Waals surface area contributed by atoms with E-state index >= 15 is 0 Å². The van der Waals surface area contributed by atoms with Crippen LogP contribution in [0, 0.1) is 0 Å². The summed E-state index contributed by atoms with van der Waals surface area (Å²) in [7, 11) is 0. The molecule has 0 aliphatic carbocycles. The standard InChI is InChI=1S/C22H42N4O7/c1-21(2,3)32-19(30)24-13-9-7-11-15(23)17(27)26-16(18(28)29)12-8-10-14-25-20(31)33-22(4,5)6/h15-16H,7-14,23H2,1-6H3,(H,24,30)(H,25,31)(H,26,27)(H,28,29)/t15-,16-/m0/s1. The van der Waals surface area contributed by atoms with Gasteiger partial charge in [0.1, 0.15) is 17.2 Å². The number of ether oxygens (including phenoxy) is 2. The molecule has 0 fully saturated rings. The van der Waals surface area contributed by atoms with Crippen LogP contribution in [0.15, 0.2) is 0 Å². The predicted molar refractivity (Wildman–Crippen MR) is 124 cm³/mol. The van der Waals surface area contributed by atoms with Crippen molar-refractivity contribution < 1.29 is 33.8 Å². The summed E-state index contributed by atoms with van der Waals surface area (Å²) in [6.45, 7) is 11.3. The molecular weight excluding hydrogens is 432 g/mol. The molecule has 0 saturated carbocycles. The second-order valence-corrected chi connectivity index (χ2v) is 9.85. The van der Waals surface area contributed by atoms with E-state index in [2.05, 4.69) is 16.0 Å². The lowest BCUT2D eigenvalue weighted by Gasteiger charge is -2.20. The van der Waals surface area contributed by atoms with Gasteiger partial charge in [-0.25, -0.2) is 14.4 Å². The van der Waals surface area contributed by atoms with Crippen molar-refractivity contribution in [3.8, 4) is 0 Å². The highest BCUT2D eigenvalue weighted by Crippen LogP contribution is 2.08. The molecule has 33 heavy (non-hydrogen) atoms. The molecule has 3 amide bonds. The van der Waals surface area contributed by atoms with Gasteiger partial charge in [0.25, 0.3) is 0 Å². The van der Waals surface area contributed by atoms with Crippen LogP contribution in [0.3, 0.4) is 0 Å². The van der Waals surface area contributed by atoms with Crippen molar-refractivity contribution >= 4 is 24.1 Å². The topological polar surface area (TPSA) is 169 Å². The Labute approximate surface area is 196 Å². The number of nitrogens with one attached hydrogen (secondary N) is 3. The van der Waals surface area contributed by atoms with Crippen molar-refractivity contribution in [2.45, 2.75) is 103 Å². The average Bonchev–Trinajstić information content (AvgIpc) is 2.63. The van der Waals surface area contributed by atoms with Crippen molar-refractivity contribution in [2.75, 3.05) is 13.1 Å². The van der Waals surface area contributed by atoms with Crippen LogP contribution in [0.25, 0.3) is 0 Å². The molecule has 11 nitrogen and oxygen atoms in total. The lowest BCUT2D eigenvalue weighted by molar-refractivity contribution is -0.142. The molecule has 0 aromatic carbocycles. The summed E-state index contributed by atoms with van der Waals surface area (Å²) < 4.78 is 10.2. The molecule has 0 unspecified atom stereocenters. The highest BCUT2D eigenvalue weighted by atomic mass is 16.6. The summed E-state index contributed by atoms with van der Waals surface area (Å²) in [6, 6.07) is -1.90. The molecule has 0 saturated heterocycles. The van der Waals surface area contributed by atoms with Gasteiger partial charge in [0, 0.05) is 13.1 Å². The van der Waals surface area contributed by atoms with Crippen molar-refractivity contribution in [3.05, 3.63) is 0 Å². The first-order valence-corrected chi connectivity index (χ1v) is 11.3. The van der Waals surface area contributed by atoms with Crippen molar-refractivity contribution in [1.82, 2.24) is 16.0 Å². The number of alkyl carbamates (subject to hydrolysis) is 2. The molecule has 0 bridgehead atoms. The van der Waals surface area contributed by atoms with E-state index in [1.165, 1.54) is 0 Å². The molecule has 0 aromatic rings. The maximum Gasteiger partial charge on any atom is 0.407 e. The normalized spacial score (nSPS) is 13.4. The van der Waals surface area contributed by atoms with Crippen LogP contribution in [0.1, 0.15) is 80.1 Å². The van der Waals surface area contributed by atoms with Crippen LogP contribution in [0.5, 0.6) is 0 Å². The highest BCUT2D eigenvalue weighted by Gasteiger charge is 2.23. The molecule has 0 spiro atoms. The van der Waals surface area contributed by atoms with E-state index in [1.54, 1.807) is 41.5 Å². The quantitative estimate of drug-likeness (QED) is 0.253. The van der Waals surface area contributed by atoms with Crippen molar-refractivity contribution in [1.29, 1.82) is 0 Å². The van der Waals surface area contributed by atoms with Gasteiger partial charge >= 0.3 is 18.2 Å². The Bertz CT molecular complexity index is 642. The van der Waals surface area contributed by atoms with Crippen molar-refractivity contribution in [3.63, 3.8) is 0 Å². The van der Waals surface area contributed by atoms with Gasteiger partial charge in [0.05, 0.1) is 6.04 Å². The fourth-order valence-corrected chi connectivity index (χ4v) is 2.64. The lowest BCUT2D eigenvalue weighted by atomic mass is 10.1. The average molecular weight is 475 g/mol. The molecular formula is C22H42N4O7. The van der Waals surface area contributed by atoms with E-state index in [0.717, 1.165) is 0 Å². The summed E-state index contributed by atoms with van der Waals surface area (Å²) in [5, 5.41) is 17.1. The number of carbonyl (C=O) groups is 4. The molecule has 0 rings (SSSR count). The fourth-order valence-electron chi connectivity index (χ4n) is 2.64. The summed E-state index contributed by atoms with van der Waals surface area (Å²) in [5.74, 6) is -1.67. The second kappa shape index (κ2) is 14.6. The van der Waals surface area contributed by atoms with Crippen LogP contribution >= 0.6 is 0 Å². The number of carboxylic acids is 1. The number of carboxylic acid groups (broad SMARTS) is 1. The summed E-state index contributed by atoms with van der Waals surface area (Å²) in [5.41, 5.74) is 4.72. The van der Waals surface area contributed by atoms with Gasteiger partial charge in [-0.05, 0) is 80.1 Å². The van der Waals surface area contributed by atoms with Crippen LogP contribution in [-0.2, 0) is 19.1 Å². The number of aliphatic carboxylic acids is 1. The molecule has 6 N–H and O–H groups in total. The SMILES string of the molecule is CC(C)(C)OC(=O)NCCCC[C@H](NC(=O)[C@@H](N)CCCCNC(=O)OC(C)(C)C)C(=O)O. The van der Waals surface area contributed by atoms with Crippen LogP contribution in [0.4, 0.5) is 9.59 Å². The van der Waals surface area contributed by atoms with Crippen LogP contribution < -0.4 is 21.7 Å². The Morgan fingerprint density at radius 1 is 0.788 bits per heavy atom. The Balaban J connectivity index is 4.14. The van der Waals surface area contributed by atoms with Gasteiger partial charge in [-0.2, -0.15) is 0 Å². The zero-order valence-electron chi connectivity index (χ0n) is 20.8. The first-order chi connectivity index (χ1) is 15.1. The zero-order chi connectivity index (χ0) is 25.7. The van der Waals surface area contributed by atoms with Gasteiger partial charge in [0.2, 0.25) is 5.91 Å². The summed E-state index contributed by atoms with van der Waals surface area (Å²) >= 11 is 0. The van der Waals surface area contributed by atoms with Gasteiger partial charge in [-0.15, -0.1) is 0 Å². The predicted octanol–water partition coefficient (Wildman–Crippen LogP) is 2.27. The maximum absolute atomic E-state index is 12.2. The third-order valence-corrected chi connectivity index (χ3v) is 4.15. The molecule has 11 heteroatoms. The van der Waals surface area contributed by atoms with E-state index in [0.29, 0.717) is 45.2 Å². The number of hydrogen-bond donors (Lipinski definition) is 5. The Hall–Kier alpha value is -2.56. The third kappa shape index (κ3) is 17.6. The van der Waals surface area contributed by atoms with E-state index in [-0.39, 0.29) is 6.42 Å². The molecule has 0 aromatic heterocycles. The smallest absolute Gasteiger partial charge is 0.407 e. The minimum atomic E-state index is -1.14. The lowest BCUT2D eigenvalue weighted by Crippen LogP contribution is -2.48. The molecule has 0 radical (unpaired) electrons. The molecule has 0 aliphatic heterocycles. The fraction of sp³-hybridized carbons (Fsp3) is 0.818. The zero-order valence-corrected chi connectivity index (χ0v) is 20.8. The minimum Gasteiger partial charge on any atom is -0.480 e. The highest BCUT2D eigenvalue weighted by molar-refractivity contribution is 5.86. The van der Waals surface area contributed by atoms with Crippen molar-refractivity contribution in [2.24, 2.45) is 5.73 Å². The minimum absolute atomic E-state index is 0.212. The first-order valence-electron chi connectivity index (χ1n) is 11.3. The number of carbonyl (C=O) groups excluding carboxylic acids is 3. The second-order valence-electron chi connectivity index (χ2n) is 9.85. The number of rotatable bonds is 13. The monoisotopic (exact) mass is 474 g/mol. The molecule has 0 aliphatic rings. The van der Waals surface area contributed by atoms with E-state index in [4.69, 9.17) is 15.2 Å². The number of unbranched alkanes of at least 4 members (excludes halogenated alkanes) is 2. The molecule has 192 valence electrons. The summed E-state index contributed by atoms with van der Waals surface area (Å²) in [4.78, 5) is 46.8. The van der Waals surface area contributed by atoms with E-state index < -0.39 is 47.3 Å². The number of amides is 3. The largest absolute Gasteiger partial charge is 0.480 e. The van der Waals surface area contributed by atoms with E-state index in [1.807, 2.05) is 0 Å². The molecule has 2 atom stereocenters. The Kier molecular flexibility index (Phi) is 13.4. The van der Waals surface area contributed by atoms with Gasteiger partial charge < -0.3 is 36.3 Å². The third-order valence-electron chi connectivity index (χ3n) is 4.15. The Morgan fingerprint density at radius 3 is 1.61 bits per heavy atom. The van der Waals surface area contributed by atoms with Gasteiger partial charge in [-0.3, -0.25) is 4.79 Å². The number of hydrogen-bond acceptors (Lipinski definition) is 7. The number of nitrogens with two attached hydrogens (primary N) is 1. The molecule has 0 heterocycles. The van der Waals surface area contributed by atoms with Crippen LogP contribution in [-0.4, -0.2) is 65.5 Å². The maximum atomic E-state index is 12.2. The summed E-state index contributed by atoms with van der Waals surface area (Å²) in [6.07, 6.45) is 1.74. The van der Waals surface area contributed by atoms with Gasteiger partial charge in [-0.1, -0.05) is 0 Å². The first kappa shape index (κ1) is 30.4.